The molecule has 1 heterocycles. The molecule has 0 aromatic heterocycles. The minimum atomic E-state index is -0.183. The van der Waals surface area contributed by atoms with Gasteiger partial charge in [0, 0.05) is 11.6 Å². The molecule has 1 amide bonds. The average molecular weight is 382 g/mol. The molecule has 1 fully saturated rings. The number of carbonyl (C=O) groups is 1. The van der Waals surface area contributed by atoms with E-state index < -0.39 is 0 Å². The zero-order chi connectivity index (χ0) is 19.9. The number of para-hydroxylation sites is 2. The molecule has 0 spiro atoms. The molecule has 2 aromatic rings. The molecule has 3 rings (SSSR count). The van der Waals surface area contributed by atoms with Crippen molar-refractivity contribution >= 4 is 23.4 Å². The first kappa shape index (κ1) is 19.8. The molecular weight excluding hydrogens is 354 g/mol. The van der Waals surface area contributed by atoms with Gasteiger partial charge in [0.05, 0.1) is 58.8 Å². The van der Waals surface area contributed by atoms with Crippen molar-refractivity contribution in [3.05, 3.63) is 54.1 Å². The molecule has 0 atom stereocenters. The number of hydrogen-bond donors (Lipinski definition) is 2. The standard InChI is InChI=1S/C22H27N3O3/c1-24-12-14-25(15-13-24)20-7-5-4-6-19(20)23-22(26)11-8-17-16-18(27-2)9-10-21(17)28-3/h4-11,16H,12-15H2,1-3H3,(H,23,26)/p+1/b11-8+. The Bertz CT molecular complexity index is 843. The van der Waals surface area contributed by atoms with Gasteiger partial charge < -0.3 is 24.6 Å². The molecule has 28 heavy (non-hydrogen) atoms. The quantitative estimate of drug-likeness (QED) is 0.747. The molecular formula is C22H28N3O3+. The third kappa shape index (κ3) is 4.84. The van der Waals surface area contributed by atoms with Gasteiger partial charge in [-0.25, -0.2) is 0 Å². The Kier molecular flexibility index (Phi) is 6.55. The van der Waals surface area contributed by atoms with Crippen molar-refractivity contribution in [1.82, 2.24) is 0 Å². The highest BCUT2D eigenvalue weighted by Crippen LogP contribution is 2.27. The summed E-state index contributed by atoms with van der Waals surface area (Å²) in [6, 6.07) is 13.4. The van der Waals surface area contributed by atoms with Crippen molar-refractivity contribution in [2.75, 3.05) is 57.7 Å². The fraction of sp³-hybridized carbons (Fsp3) is 0.318. The molecule has 0 saturated carbocycles. The van der Waals surface area contributed by atoms with E-state index in [2.05, 4.69) is 23.3 Å². The van der Waals surface area contributed by atoms with Gasteiger partial charge in [-0.05, 0) is 36.4 Å². The number of hydrogen-bond acceptors (Lipinski definition) is 4. The van der Waals surface area contributed by atoms with Gasteiger partial charge in [-0.15, -0.1) is 0 Å². The molecule has 0 radical (unpaired) electrons. The predicted octanol–water partition coefficient (Wildman–Crippen LogP) is 1.69. The van der Waals surface area contributed by atoms with Crippen LogP contribution < -0.4 is 24.6 Å². The maximum Gasteiger partial charge on any atom is 0.248 e. The van der Waals surface area contributed by atoms with Crippen LogP contribution in [0.5, 0.6) is 11.5 Å². The smallest absolute Gasteiger partial charge is 0.248 e. The number of nitrogens with zero attached hydrogens (tertiary/aromatic N) is 1. The summed E-state index contributed by atoms with van der Waals surface area (Å²) in [7, 11) is 5.43. The molecule has 2 aromatic carbocycles. The van der Waals surface area contributed by atoms with Gasteiger partial charge in [0.15, 0.2) is 0 Å². The Morgan fingerprint density at radius 1 is 1.11 bits per heavy atom. The second-order valence-electron chi connectivity index (χ2n) is 6.89. The first-order valence-electron chi connectivity index (χ1n) is 9.47. The van der Waals surface area contributed by atoms with Crippen molar-refractivity contribution in [3.8, 4) is 11.5 Å². The maximum absolute atomic E-state index is 12.5. The number of carbonyl (C=O) groups excluding carboxylic acids is 1. The van der Waals surface area contributed by atoms with Crippen LogP contribution in [0.3, 0.4) is 0 Å². The summed E-state index contributed by atoms with van der Waals surface area (Å²) >= 11 is 0. The topological polar surface area (TPSA) is 55.2 Å². The van der Waals surface area contributed by atoms with Gasteiger partial charge in [-0.2, -0.15) is 0 Å². The molecule has 2 N–H and O–H groups in total. The molecule has 1 aliphatic heterocycles. The molecule has 1 saturated heterocycles. The van der Waals surface area contributed by atoms with Crippen LogP contribution in [0, 0.1) is 0 Å². The van der Waals surface area contributed by atoms with Gasteiger partial charge in [-0.1, -0.05) is 12.1 Å². The predicted molar refractivity (Wildman–Crippen MR) is 112 cm³/mol. The van der Waals surface area contributed by atoms with E-state index >= 15 is 0 Å². The van der Waals surface area contributed by atoms with Crippen LogP contribution in [0.1, 0.15) is 5.56 Å². The van der Waals surface area contributed by atoms with E-state index in [9.17, 15) is 4.79 Å². The van der Waals surface area contributed by atoms with E-state index in [4.69, 9.17) is 9.47 Å². The highest BCUT2D eigenvalue weighted by atomic mass is 16.5. The Balaban J connectivity index is 1.73. The third-order valence-electron chi connectivity index (χ3n) is 4.97. The lowest BCUT2D eigenvalue weighted by Crippen LogP contribution is -3.12. The number of benzene rings is 2. The SMILES string of the molecule is COc1ccc(OC)c(/C=C/C(=O)Nc2ccccc2N2CC[NH+](C)CC2)c1. The van der Waals surface area contributed by atoms with Crippen LogP contribution in [-0.2, 0) is 4.79 Å². The number of quaternary nitrogens is 1. The highest BCUT2D eigenvalue weighted by Gasteiger charge is 2.19. The molecule has 6 heteroatoms. The van der Waals surface area contributed by atoms with Gasteiger partial charge in [0.2, 0.25) is 5.91 Å². The summed E-state index contributed by atoms with van der Waals surface area (Å²) in [5, 5.41) is 3.01. The van der Waals surface area contributed by atoms with Gasteiger partial charge >= 0.3 is 0 Å². The summed E-state index contributed by atoms with van der Waals surface area (Å²) in [5.41, 5.74) is 2.68. The molecule has 1 aliphatic rings. The number of methoxy groups -OCH3 is 2. The number of nitrogens with one attached hydrogen (secondary N) is 2. The van der Waals surface area contributed by atoms with Crippen molar-refractivity contribution in [3.63, 3.8) is 0 Å². The van der Waals surface area contributed by atoms with E-state index in [1.165, 1.54) is 11.0 Å². The van der Waals surface area contributed by atoms with E-state index in [-0.39, 0.29) is 5.91 Å². The van der Waals surface area contributed by atoms with Crippen molar-refractivity contribution in [2.24, 2.45) is 0 Å². The van der Waals surface area contributed by atoms with Crippen molar-refractivity contribution < 1.29 is 19.2 Å². The minimum absolute atomic E-state index is 0.183. The van der Waals surface area contributed by atoms with Crippen LogP contribution in [0.4, 0.5) is 11.4 Å². The zero-order valence-electron chi connectivity index (χ0n) is 16.7. The van der Waals surface area contributed by atoms with E-state index in [0.29, 0.717) is 11.5 Å². The lowest BCUT2D eigenvalue weighted by atomic mass is 10.1. The summed E-state index contributed by atoms with van der Waals surface area (Å²) in [6.07, 6.45) is 3.25. The van der Waals surface area contributed by atoms with Crippen LogP contribution in [0.25, 0.3) is 6.08 Å². The second kappa shape index (κ2) is 9.28. The fourth-order valence-electron chi connectivity index (χ4n) is 3.29. The first-order valence-corrected chi connectivity index (χ1v) is 9.47. The van der Waals surface area contributed by atoms with Gasteiger partial charge in [0.1, 0.15) is 11.5 Å². The van der Waals surface area contributed by atoms with Crippen LogP contribution in [0.15, 0.2) is 48.5 Å². The number of amides is 1. The monoisotopic (exact) mass is 382 g/mol. The zero-order valence-corrected chi connectivity index (χ0v) is 16.7. The normalized spacial score (nSPS) is 14.9. The van der Waals surface area contributed by atoms with Crippen molar-refractivity contribution in [2.45, 2.75) is 0 Å². The van der Waals surface area contributed by atoms with Crippen molar-refractivity contribution in [1.29, 1.82) is 0 Å². The Morgan fingerprint density at radius 2 is 1.86 bits per heavy atom. The Hall–Kier alpha value is -2.99. The Labute approximate surface area is 166 Å². The van der Waals surface area contributed by atoms with Gasteiger partial charge in [-0.3, -0.25) is 4.79 Å². The number of rotatable bonds is 6. The van der Waals surface area contributed by atoms with E-state index in [1.54, 1.807) is 20.3 Å². The molecule has 0 aliphatic carbocycles. The molecule has 0 unspecified atom stereocenters. The summed E-state index contributed by atoms with van der Waals surface area (Å²) < 4.78 is 10.6. The van der Waals surface area contributed by atoms with Crippen LogP contribution in [-0.4, -0.2) is 53.4 Å². The first-order chi connectivity index (χ1) is 13.6. The molecule has 6 nitrogen and oxygen atoms in total. The lowest BCUT2D eigenvalue weighted by molar-refractivity contribution is -0.880. The summed E-state index contributed by atoms with van der Waals surface area (Å²) in [5.74, 6) is 1.21. The number of piperazine rings is 1. The Morgan fingerprint density at radius 3 is 2.57 bits per heavy atom. The molecule has 148 valence electrons. The van der Waals surface area contributed by atoms with Crippen LogP contribution >= 0.6 is 0 Å². The average Bonchev–Trinajstić information content (AvgIpc) is 2.73. The van der Waals surface area contributed by atoms with Crippen LogP contribution in [0.2, 0.25) is 0 Å². The third-order valence-corrected chi connectivity index (χ3v) is 4.97. The minimum Gasteiger partial charge on any atom is -0.497 e. The summed E-state index contributed by atoms with van der Waals surface area (Å²) in [4.78, 5) is 16.4. The second-order valence-corrected chi connectivity index (χ2v) is 6.89. The van der Waals surface area contributed by atoms with E-state index in [0.717, 1.165) is 43.1 Å². The van der Waals surface area contributed by atoms with E-state index in [1.807, 2.05) is 36.4 Å². The highest BCUT2D eigenvalue weighted by molar-refractivity contribution is 6.04. The number of anilines is 2. The largest absolute Gasteiger partial charge is 0.497 e. The summed E-state index contributed by atoms with van der Waals surface area (Å²) in [6.45, 7) is 4.15. The maximum atomic E-state index is 12.5. The lowest BCUT2D eigenvalue weighted by Gasteiger charge is -2.32. The fourth-order valence-corrected chi connectivity index (χ4v) is 3.29. The number of ether oxygens (including phenoxy) is 2. The molecule has 0 bridgehead atoms. The van der Waals surface area contributed by atoms with Gasteiger partial charge in [0.25, 0.3) is 0 Å². The number of likely N-dealkylation sites (N-methyl/N-ethyl adjacent to an activating group) is 1.